The van der Waals surface area contributed by atoms with Gasteiger partial charge in [-0.2, -0.15) is 0 Å². The summed E-state index contributed by atoms with van der Waals surface area (Å²) in [7, 11) is 0. The van der Waals surface area contributed by atoms with Crippen LogP contribution in [0, 0.1) is 0 Å². The van der Waals surface area contributed by atoms with E-state index in [-0.39, 0.29) is 0 Å². The van der Waals surface area contributed by atoms with E-state index in [0.29, 0.717) is 13.0 Å². The highest BCUT2D eigenvalue weighted by Crippen LogP contribution is 2.19. The molecule has 0 saturated carbocycles. The number of aliphatic carboxylic acids is 1. The Morgan fingerprint density at radius 1 is 1.80 bits per heavy atom. The molecular formula is C6H11NO3. The molecule has 0 bridgehead atoms. The Bertz CT molecular complexity index is 155. The van der Waals surface area contributed by atoms with E-state index in [9.17, 15) is 9.90 Å². The molecule has 0 aromatic rings. The van der Waals surface area contributed by atoms with Crippen LogP contribution in [0.4, 0.5) is 0 Å². The average molecular weight is 145 g/mol. The van der Waals surface area contributed by atoms with Crippen LogP contribution in [-0.4, -0.2) is 34.4 Å². The molecule has 0 spiro atoms. The summed E-state index contributed by atoms with van der Waals surface area (Å²) in [6.07, 6.45) is 0.504. The van der Waals surface area contributed by atoms with Crippen molar-refractivity contribution < 1.29 is 15.0 Å². The zero-order valence-electron chi connectivity index (χ0n) is 5.79. The molecule has 3 N–H and O–H groups in total. The van der Waals surface area contributed by atoms with Gasteiger partial charge in [0.05, 0.1) is 5.60 Å². The maximum atomic E-state index is 10.4. The van der Waals surface area contributed by atoms with E-state index >= 15 is 0 Å². The molecule has 4 heteroatoms. The minimum absolute atomic E-state index is 0.504. The molecule has 1 saturated heterocycles. The van der Waals surface area contributed by atoms with Crippen LogP contribution in [-0.2, 0) is 4.79 Å². The third-order valence-corrected chi connectivity index (χ3v) is 1.85. The number of nitrogens with one attached hydrogen (secondary N) is 1. The Kier molecular flexibility index (Phi) is 1.66. The van der Waals surface area contributed by atoms with Crippen LogP contribution >= 0.6 is 0 Å². The van der Waals surface area contributed by atoms with E-state index in [2.05, 4.69) is 5.32 Å². The number of carboxylic acid groups (broad SMARTS) is 1. The first-order valence-electron chi connectivity index (χ1n) is 3.22. The lowest BCUT2D eigenvalue weighted by Crippen LogP contribution is -2.46. The highest BCUT2D eigenvalue weighted by molar-refractivity contribution is 5.75. The summed E-state index contributed by atoms with van der Waals surface area (Å²) in [6, 6.07) is -0.799. The smallest absolute Gasteiger partial charge is 0.323 e. The standard InChI is InChI=1S/C6H11NO3/c1-6(10)2-3-7-4(6)5(8)9/h4,7,10H,2-3H2,1H3,(H,8,9)/t4-,6-/m1/s1. The molecule has 58 valence electrons. The molecule has 1 heterocycles. The van der Waals surface area contributed by atoms with Gasteiger partial charge in [0.1, 0.15) is 6.04 Å². The zero-order valence-corrected chi connectivity index (χ0v) is 5.79. The normalized spacial score (nSPS) is 40.0. The molecule has 4 nitrogen and oxygen atoms in total. The van der Waals surface area contributed by atoms with Crippen LogP contribution in [0.25, 0.3) is 0 Å². The minimum atomic E-state index is -1.08. The van der Waals surface area contributed by atoms with Crippen molar-refractivity contribution in [1.82, 2.24) is 5.32 Å². The van der Waals surface area contributed by atoms with E-state index < -0.39 is 17.6 Å². The third-order valence-electron chi connectivity index (χ3n) is 1.85. The predicted octanol–water partition coefficient (Wildman–Crippen LogP) is -0.816. The Hall–Kier alpha value is -0.610. The van der Waals surface area contributed by atoms with E-state index in [4.69, 9.17) is 5.11 Å². The Morgan fingerprint density at radius 2 is 2.40 bits per heavy atom. The Balaban J connectivity index is 2.68. The molecule has 1 rings (SSSR count). The van der Waals surface area contributed by atoms with Crippen LogP contribution in [0.5, 0.6) is 0 Å². The van der Waals surface area contributed by atoms with Gasteiger partial charge in [-0.25, -0.2) is 0 Å². The number of hydrogen-bond acceptors (Lipinski definition) is 3. The molecule has 1 fully saturated rings. The van der Waals surface area contributed by atoms with E-state index in [0.717, 1.165) is 0 Å². The van der Waals surface area contributed by atoms with Crippen molar-refractivity contribution in [2.45, 2.75) is 25.0 Å². The lowest BCUT2D eigenvalue weighted by Gasteiger charge is -2.20. The monoisotopic (exact) mass is 145 g/mol. The minimum Gasteiger partial charge on any atom is -0.480 e. The van der Waals surface area contributed by atoms with Crippen molar-refractivity contribution >= 4 is 5.97 Å². The van der Waals surface area contributed by atoms with E-state index in [1.54, 1.807) is 0 Å². The van der Waals surface area contributed by atoms with Crippen molar-refractivity contribution in [3.63, 3.8) is 0 Å². The number of carbonyl (C=O) groups is 1. The zero-order chi connectivity index (χ0) is 7.78. The van der Waals surface area contributed by atoms with Gasteiger partial charge in [-0.1, -0.05) is 0 Å². The second kappa shape index (κ2) is 2.21. The van der Waals surface area contributed by atoms with E-state index in [1.165, 1.54) is 6.92 Å². The van der Waals surface area contributed by atoms with Gasteiger partial charge in [-0.15, -0.1) is 0 Å². The molecule has 10 heavy (non-hydrogen) atoms. The van der Waals surface area contributed by atoms with Crippen molar-refractivity contribution in [2.24, 2.45) is 0 Å². The van der Waals surface area contributed by atoms with Crippen molar-refractivity contribution in [3.05, 3.63) is 0 Å². The molecule has 0 aromatic heterocycles. The van der Waals surface area contributed by atoms with Gasteiger partial charge in [-0.05, 0) is 19.9 Å². The molecule has 2 atom stereocenters. The largest absolute Gasteiger partial charge is 0.480 e. The summed E-state index contributed by atoms with van der Waals surface area (Å²) >= 11 is 0. The summed E-state index contributed by atoms with van der Waals surface area (Å²) in [6.45, 7) is 2.11. The first-order chi connectivity index (χ1) is 4.54. The number of aliphatic hydroxyl groups is 1. The lowest BCUT2D eigenvalue weighted by atomic mass is 9.98. The molecule has 0 amide bonds. The van der Waals surface area contributed by atoms with Crippen LogP contribution in [0.15, 0.2) is 0 Å². The number of rotatable bonds is 1. The summed E-state index contributed by atoms with van der Waals surface area (Å²) < 4.78 is 0. The fourth-order valence-electron chi connectivity index (χ4n) is 1.19. The number of hydrogen-bond donors (Lipinski definition) is 3. The van der Waals surface area contributed by atoms with Crippen molar-refractivity contribution in [2.75, 3.05) is 6.54 Å². The van der Waals surface area contributed by atoms with Crippen molar-refractivity contribution in [3.8, 4) is 0 Å². The van der Waals surface area contributed by atoms with Gasteiger partial charge in [0, 0.05) is 0 Å². The van der Waals surface area contributed by atoms with E-state index in [1.807, 2.05) is 0 Å². The Labute approximate surface area is 58.9 Å². The van der Waals surface area contributed by atoms with Gasteiger partial charge in [-0.3, -0.25) is 4.79 Å². The van der Waals surface area contributed by atoms with Gasteiger partial charge in [0.15, 0.2) is 0 Å². The summed E-state index contributed by atoms with van der Waals surface area (Å²) in [4.78, 5) is 10.4. The van der Waals surface area contributed by atoms with Crippen LogP contribution in [0.2, 0.25) is 0 Å². The molecule has 0 unspecified atom stereocenters. The fourth-order valence-corrected chi connectivity index (χ4v) is 1.19. The maximum Gasteiger partial charge on any atom is 0.323 e. The Morgan fingerprint density at radius 3 is 2.60 bits per heavy atom. The van der Waals surface area contributed by atoms with Crippen molar-refractivity contribution in [1.29, 1.82) is 0 Å². The van der Waals surface area contributed by atoms with Crippen LogP contribution in [0.3, 0.4) is 0 Å². The topological polar surface area (TPSA) is 69.6 Å². The summed E-state index contributed by atoms with van der Waals surface area (Å²) in [5.74, 6) is -0.984. The molecule has 1 aliphatic rings. The molecule has 0 aromatic carbocycles. The predicted molar refractivity (Wildman–Crippen MR) is 34.7 cm³/mol. The molecule has 0 radical (unpaired) electrons. The first kappa shape index (κ1) is 7.50. The fraction of sp³-hybridized carbons (Fsp3) is 0.833. The molecular weight excluding hydrogens is 134 g/mol. The van der Waals surface area contributed by atoms with Crippen LogP contribution in [0.1, 0.15) is 13.3 Å². The SMILES string of the molecule is C[C@@]1(O)CCN[C@@H]1C(=O)O. The number of carboxylic acids is 1. The van der Waals surface area contributed by atoms with Gasteiger partial charge < -0.3 is 15.5 Å². The quantitative estimate of drug-likeness (QED) is 0.451. The lowest BCUT2D eigenvalue weighted by molar-refractivity contribution is -0.144. The van der Waals surface area contributed by atoms with Gasteiger partial charge in [0.2, 0.25) is 0 Å². The van der Waals surface area contributed by atoms with Crippen LogP contribution < -0.4 is 5.32 Å². The second-order valence-electron chi connectivity index (χ2n) is 2.83. The molecule has 0 aliphatic carbocycles. The molecule has 1 aliphatic heterocycles. The second-order valence-corrected chi connectivity index (χ2v) is 2.83. The highest BCUT2D eigenvalue weighted by atomic mass is 16.4. The highest BCUT2D eigenvalue weighted by Gasteiger charge is 2.41. The third kappa shape index (κ3) is 1.12. The van der Waals surface area contributed by atoms with Gasteiger partial charge in [0.25, 0.3) is 0 Å². The summed E-state index contributed by atoms with van der Waals surface area (Å²) in [5, 5.41) is 20.6. The maximum absolute atomic E-state index is 10.4. The first-order valence-corrected chi connectivity index (χ1v) is 3.22. The average Bonchev–Trinajstić information content (AvgIpc) is 2.08. The van der Waals surface area contributed by atoms with Gasteiger partial charge >= 0.3 is 5.97 Å². The summed E-state index contributed by atoms with van der Waals surface area (Å²) in [5.41, 5.74) is -1.08.